The molecule has 0 N–H and O–H groups in total. The third-order valence-electron chi connectivity index (χ3n) is 1.98. The molecular formula is C8H13NO4. The summed E-state index contributed by atoms with van der Waals surface area (Å²) in [7, 11) is 1.30. The van der Waals surface area contributed by atoms with Crippen molar-refractivity contribution < 1.29 is 19.1 Å². The minimum atomic E-state index is -0.623. The van der Waals surface area contributed by atoms with Crippen LogP contribution < -0.4 is 0 Å². The van der Waals surface area contributed by atoms with E-state index in [0.717, 1.165) is 0 Å². The van der Waals surface area contributed by atoms with E-state index in [1.165, 1.54) is 14.0 Å². The largest absolute Gasteiger partial charge is 0.467 e. The van der Waals surface area contributed by atoms with Crippen LogP contribution in [0.3, 0.4) is 0 Å². The fourth-order valence-electron chi connectivity index (χ4n) is 1.21. The molecule has 1 aliphatic rings. The fourth-order valence-corrected chi connectivity index (χ4v) is 1.21. The summed E-state index contributed by atoms with van der Waals surface area (Å²) in [6.45, 7) is 2.70. The Balaban J connectivity index is 2.51. The maximum absolute atomic E-state index is 11.0. The number of morpholine rings is 1. The predicted molar refractivity (Wildman–Crippen MR) is 44.0 cm³/mol. The zero-order valence-corrected chi connectivity index (χ0v) is 7.78. The number of rotatable bonds is 1. The highest BCUT2D eigenvalue weighted by molar-refractivity contribution is 5.78. The second-order valence-corrected chi connectivity index (χ2v) is 2.85. The van der Waals surface area contributed by atoms with Crippen LogP contribution in [0.25, 0.3) is 0 Å². The van der Waals surface area contributed by atoms with Crippen LogP contribution in [0.15, 0.2) is 0 Å². The second-order valence-electron chi connectivity index (χ2n) is 2.85. The van der Waals surface area contributed by atoms with Gasteiger partial charge in [-0.15, -0.1) is 0 Å². The Hall–Kier alpha value is -1.10. The van der Waals surface area contributed by atoms with Crippen molar-refractivity contribution in [3.05, 3.63) is 0 Å². The van der Waals surface area contributed by atoms with E-state index in [2.05, 4.69) is 4.74 Å². The van der Waals surface area contributed by atoms with Gasteiger partial charge in [-0.05, 0) is 0 Å². The minimum absolute atomic E-state index is 0.0443. The number of carbonyl (C=O) groups is 2. The van der Waals surface area contributed by atoms with Crippen molar-refractivity contribution in [2.75, 3.05) is 26.8 Å². The molecule has 1 heterocycles. The highest BCUT2D eigenvalue weighted by Gasteiger charge is 2.28. The zero-order chi connectivity index (χ0) is 9.84. The topological polar surface area (TPSA) is 55.8 Å². The molecule has 0 aliphatic carbocycles. The van der Waals surface area contributed by atoms with Crippen LogP contribution in [0.4, 0.5) is 0 Å². The molecule has 13 heavy (non-hydrogen) atoms. The van der Waals surface area contributed by atoms with Gasteiger partial charge in [-0.3, -0.25) is 4.79 Å². The van der Waals surface area contributed by atoms with Crippen LogP contribution >= 0.6 is 0 Å². The molecule has 1 saturated heterocycles. The van der Waals surface area contributed by atoms with E-state index in [4.69, 9.17) is 4.74 Å². The van der Waals surface area contributed by atoms with Gasteiger partial charge >= 0.3 is 5.97 Å². The molecule has 1 fully saturated rings. The molecule has 1 atom stereocenters. The van der Waals surface area contributed by atoms with E-state index < -0.39 is 12.1 Å². The Labute approximate surface area is 76.6 Å². The van der Waals surface area contributed by atoms with Gasteiger partial charge in [0.05, 0.1) is 20.3 Å². The van der Waals surface area contributed by atoms with Crippen LogP contribution in [-0.4, -0.2) is 49.7 Å². The Morgan fingerprint density at radius 1 is 1.54 bits per heavy atom. The SMILES string of the molecule is COC(=O)[C@H]1CN(C(C)=O)CCO1. The molecule has 0 aromatic heterocycles. The van der Waals surface area contributed by atoms with Gasteiger partial charge in [-0.1, -0.05) is 0 Å². The van der Waals surface area contributed by atoms with Crippen molar-refractivity contribution in [1.29, 1.82) is 0 Å². The van der Waals surface area contributed by atoms with Gasteiger partial charge in [-0.2, -0.15) is 0 Å². The van der Waals surface area contributed by atoms with Crippen molar-refractivity contribution in [3.8, 4) is 0 Å². The Morgan fingerprint density at radius 3 is 2.77 bits per heavy atom. The summed E-state index contributed by atoms with van der Waals surface area (Å²) in [6.07, 6.45) is -0.623. The summed E-state index contributed by atoms with van der Waals surface area (Å²) < 4.78 is 9.66. The maximum Gasteiger partial charge on any atom is 0.336 e. The summed E-state index contributed by atoms with van der Waals surface area (Å²) in [5, 5.41) is 0. The van der Waals surface area contributed by atoms with Crippen molar-refractivity contribution in [3.63, 3.8) is 0 Å². The van der Waals surface area contributed by atoms with Gasteiger partial charge in [0.25, 0.3) is 0 Å². The normalized spacial score (nSPS) is 22.6. The monoisotopic (exact) mass is 187 g/mol. The number of ether oxygens (including phenoxy) is 2. The van der Waals surface area contributed by atoms with Crippen LogP contribution in [0.5, 0.6) is 0 Å². The second kappa shape index (κ2) is 4.23. The van der Waals surface area contributed by atoms with E-state index in [1.54, 1.807) is 4.90 Å². The average Bonchev–Trinajstić information content (AvgIpc) is 2.17. The molecule has 0 spiro atoms. The number of methoxy groups -OCH3 is 1. The number of nitrogens with zero attached hydrogens (tertiary/aromatic N) is 1. The van der Waals surface area contributed by atoms with E-state index in [0.29, 0.717) is 19.7 Å². The first-order chi connectivity index (χ1) is 6.15. The quantitative estimate of drug-likeness (QED) is 0.515. The lowest BCUT2D eigenvalue weighted by molar-refractivity contribution is -0.162. The Morgan fingerprint density at radius 2 is 2.23 bits per heavy atom. The molecule has 0 bridgehead atoms. The molecule has 0 saturated carbocycles. The van der Waals surface area contributed by atoms with E-state index in [1.807, 2.05) is 0 Å². The smallest absolute Gasteiger partial charge is 0.336 e. The van der Waals surface area contributed by atoms with Gasteiger partial charge in [0.15, 0.2) is 6.10 Å². The molecule has 0 radical (unpaired) electrons. The molecule has 5 nitrogen and oxygen atoms in total. The van der Waals surface area contributed by atoms with Crippen LogP contribution in [0, 0.1) is 0 Å². The number of carbonyl (C=O) groups excluding carboxylic acids is 2. The summed E-state index contributed by atoms with van der Waals surface area (Å²) in [6, 6.07) is 0. The number of hydrogen-bond acceptors (Lipinski definition) is 4. The van der Waals surface area contributed by atoms with E-state index in [9.17, 15) is 9.59 Å². The first kappa shape index (κ1) is 9.98. The first-order valence-corrected chi connectivity index (χ1v) is 4.10. The summed E-state index contributed by atoms with van der Waals surface area (Å²) in [5.74, 6) is -0.469. The van der Waals surface area contributed by atoms with Gasteiger partial charge in [0, 0.05) is 13.5 Å². The van der Waals surface area contributed by atoms with Gasteiger partial charge < -0.3 is 14.4 Å². The van der Waals surface area contributed by atoms with Crippen LogP contribution in [0.1, 0.15) is 6.92 Å². The van der Waals surface area contributed by atoms with Gasteiger partial charge in [-0.25, -0.2) is 4.79 Å². The lowest BCUT2D eigenvalue weighted by atomic mass is 10.3. The zero-order valence-electron chi connectivity index (χ0n) is 7.78. The van der Waals surface area contributed by atoms with Gasteiger partial charge in [0.1, 0.15) is 0 Å². The van der Waals surface area contributed by atoms with Crippen molar-refractivity contribution in [2.24, 2.45) is 0 Å². The first-order valence-electron chi connectivity index (χ1n) is 4.10. The Kier molecular flexibility index (Phi) is 3.25. The molecule has 1 rings (SSSR count). The number of hydrogen-bond donors (Lipinski definition) is 0. The molecule has 0 aromatic rings. The predicted octanol–water partition coefficient (Wildman–Crippen LogP) is -0.593. The average molecular weight is 187 g/mol. The summed E-state index contributed by atoms with van der Waals surface area (Å²) >= 11 is 0. The van der Waals surface area contributed by atoms with Crippen molar-refractivity contribution in [2.45, 2.75) is 13.0 Å². The van der Waals surface area contributed by atoms with Crippen LogP contribution in [-0.2, 0) is 19.1 Å². The molecule has 1 amide bonds. The summed E-state index contributed by atoms with van der Waals surface area (Å²) in [4.78, 5) is 23.6. The standard InChI is InChI=1S/C8H13NO4/c1-6(10)9-3-4-13-7(5-9)8(11)12-2/h7H,3-5H2,1-2H3/t7-/m1/s1. The molecule has 0 aromatic carbocycles. The lowest BCUT2D eigenvalue weighted by Crippen LogP contribution is -2.48. The molecule has 0 unspecified atom stereocenters. The third kappa shape index (κ3) is 2.42. The third-order valence-corrected chi connectivity index (χ3v) is 1.98. The highest BCUT2D eigenvalue weighted by Crippen LogP contribution is 2.06. The fraction of sp³-hybridized carbons (Fsp3) is 0.750. The van der Waals surface area contributed by atoms with Gasteiger partial charge in [0.2, 0.25) is 5.91 Å². The Bertz CT molecular complexity index is 216. The van der Waals surface area contributed by atoms with Crippen molar-refractivity contribution in [1.82, 2.24) is 4.90 Å². The lowest BCUT2D eigenvalue weighted by Gasteiger charge is -2.30. The number of amides is 1. The van der Waals surface area contributed by atoms with Crippen molar-refractivity contribution >= 4 is 11.9 Å². The van der Waals surface area contributed by atoms with Crippen LogP contribution in [0.2, 0.25) is 0 Å². The molecular weight excluding hydrogens is 174 g/mol. The summed E-state index contributed by atoms with van der Waals surface area (Å²) in [5.41, 5.74) is 0. The van der Waals surface area contributed by atoms with E-state index in [-0.39, 0.29) is 5.91 Å². The molecule has 5 heteroatoms. The highest BCUT2D eigenvalue weighted by atomic mass is 16.6. The maximum atomic E-state index is 11.0. The number of esters is 1. The van der Waals surface area contributed by atoms with E-state index >= 15 is 0 Å². The molecule has 74 valence electrons. The molecule has 1 aliphatic heterocycles. The minimum Gasteiger partial charge on any atom is -0.467 e.